The number of aliphatic carboxylic acids is 1. The molecule has 1 aromatic rings. The second kappa shape index (κ2) is 2.60. The molecule has 0 saturated heterocycles. The summed E-state index contributed by atoms with van der Waals surface area (Å²) in [6.45, 7) is 3.04. The van der Waals surface area contributed by atoms with Gasteiger partial charge in [0.25, 0.3) is 0 Å². The fraction of sp³-hybridized carbons (Fsp3) is 0.429. The van der Waals surface area contributed by atoms with Crippen molar-refractivity contribution in [1.82, 2.24) is 5.16 Å². The summed E-state index contributed by atoms with van der Waals surface area (Å²) in [5, 5.41) is 12.3. The number of rotatable bonds is 2. The van der Waals surface area contributed by atoms with E-state index in [1.54, 1.807) is 6.92 Å². The lowest BCUT2D eigenvalue weighted by Crippen LogP contribution is -2.41. The van der Waals surface area contributed by atoms with Crippen LogP contribution in [-0.4, -0.2) is 16.2 Å². The number of nitrogens with zero attached hydrogens (tertiary/aromatic N) is 1. The van der Waals surface area contributed by atoms with E-state index in [0.717, 1.165) is 0 Å². The van der Waals surface area contributed by atoms with E-state index in [1.165, 1.54) is 13.2 Å². The quantitative estimate of drug-likeness (QED) is 0.663. The van der Waals surface area contributed by atoms with E-state index >= 15 is 0 Å². The molecule has 1 aromatic heterocycles. The highest BCUT2D eigenvalue weighted by Crippen LogP contribution is 2.20. The molecule has 12 heavy (non-hydrogen) atoms. The molecule has 0 aromatic carbocycles. The van der Waals surface area contributed by atoms with Gasteiger partial charge in [-0.15, -0.1) is 0 Å². The summed E-state index contributed by atoms with van der Waals surface area (Å²) in [7, 11) is 0. The Hall–Kier alpha value is -1.36. The van der Waals surface area contributed by atoms with Crippen molar-refractivity contribution in [2.45, 2.75) is 19.4 Å². The van der Waals surface area contributed by atoms with Crippen LogP contribution >= 0.6 is 0 Å². The third-order valence-corrected chi connectivity index (χ3v) is 1.75. The smallest absolute Gasteiger partial charge is 0.328 e. The largest absolute Gasteiger partial charge is 0.480 e. The predicted molar refractivity (Wildman–Crippen MR) is 40.4 cm³/mol. The third kappa shape index (κ3) is 1.18. The van der Waals surface area contributed by atoms with Gasteiger partial charge in [0.05, 0.1) is 5.69 Å². The number of carbonyl (C=O) groups is 1. The average Bonchev–Trinajstić information content (AvgIpc) is 2.35. The first-order valence-electron chi connectivity index (χ1n) is 3.40. The van der Waals surface area contributed by atoms with Gasteiger partial charge < -0.3 is 15.4 Å². The molecule has 1 unspecified atom stereocenters. The Bertz CT molecular complexity index is 303. The minimum Gasteiger partial charge on any atom is -0.480 e. The second-order valence-electron chi connectivity index (χ2n) is 2.82. The van der Waals surface area contributed by atoms with Gasteiger partial charge in [0, 0.05) is 5.56 Å². The number of aromatic nitrogens is 1. The second-order valence-corrected chi connectivity index (χ2v) is 2.82. The maximum Gasteiger partial charge on any atom is 0.328 e. The van der Waals surface area contributed by atoms with E-state index in [-0.39, 0.29) is 0 Å². The van der Waals surface area contributed by atoms with Crippen LogP contribution in [0.5, 0.6) is 0 Å². The molecule has 1 rings (SSSR count). The Labute approximate surface area is 69.2 Å². The zero-order valence-electron chi connectivity index (χ0n) is 6.87. The van der Waals surface area contributed by atoms with Gasteiger partial charge in [0.1, 0.15) is 11.8 Å². The molecule has 0 aliphatic carbocycles. The molecule has 0 amide bonds. The van der Waals surface area contributed by atoms with E-state index in [1.807, 2.05) is 0 Å². The van der Waals surface area contributed by atoms with Crippen LogP contribution < -0.4 is 5.73 Å². The molecule has 0 aliphatic heterocycles. The van der Waals surface area contributed by atoms with Crippen molar-refractivity contribution in [3.8, 4) is 0 Å². The topological polar surface area (TPSA) is 89.4 Å². The fourth-order valence-electron chi connectivity index (χ4n) is 0.906. The number of aryl methyl sites for hydroxylation is 1. The van der Waals surface area contributed by atoms with E-state index in [2.05, 4.69) is 9.68 Å². The first kappa shape index (κ1) is 8.73. The summed E-state index contributed by atoms with van der Waals surface area (Å²) in [6, 6.07) is 0. The van der Waals surface area contributed by atoms with E-state index in [0.29, 0.717) is 11.3 Å². The van der Waals surface area contributed by atoms with Crippen LogP contribution in [0.1, 0.15) is 18.2 Å². The van der Waals surface area contributed by atoms with Crippen molar-refractivity contribution in [3.05, 3.63) is 17.5 Å². The van der Waals surface area contributed by atoms with Crippen molar-refractivity contribution in [3.63, 3.8) is 0 Å². The Kier molecular flexibility index (Phi) is 1.89. The molecule has 0 spiro atoms. The number of hydrogen-bond donors (Lipinski definition) is 2. The molecule has 0 saturated carbocycles. The predicted octanol–water partition coefficient (Wildman–Crippen LogP) is 0.242. The van der Waals surface area contributed by atoms with Crippen LogP contribution in [0.2, 0.25) is 0 Å². The summed E-state index contributed by atoms with van der Waals surface area (Å²) >= 11 is 0. The molecule has 3 N–H and O–H groups in total. The zero-order chi connectivity index (χ0) is 9.35. The SMILES string of the molecule is Cc1nocc1C(C)(N)C(=O)O. The summed E-state index contributed by atoms with van der Waals surface area (Å²) in [5.41, 5.74) is 5.00. The van der Waals surface area contributed by atoms with Crippen LogP contribution in [0.4, 0.5) is 0 Å². The van der Waals surface area contributed by atoms with Crippen LogP contribution in [-0.2, 0) is 10.3 Å². The molecule has 1 heterocycles. The minimum atomic E-state index is -1.43. The molecule has 0 aliphatic rings. The van der Waals surface area contributed by atoms with Crippen LogP contribution in [0, 0.1) is 6.92 Å². The Morgan fingerprint density at radius 1 is 1.83 bits per heavy atom. The van der Waals surface area contributed by atoms with E-state index < -0.39 is 11.5 Å². The van der Waals surface area contributed by atoms with Crippen LogP contribution in [0.3, 0.4) is 0 Å². The van der Waals surface area contributed by atoms with Gasteiger partial charge in [-0.3, -0.25) is 0 Å². The van der Waals surface area contributed by atoms with Crippen molar-refractivity contribution in [1.29, 1.82) is 0 Å². The first-order chi connectivity index (χ1) is 5.46. The molecule has 5 nitrogen and oxygen atoms in total. The molecule has 5 heteroatoms. The summed E-state index contributed by atoms with van der Waals surface area (Å²) in [5.74, 6) is -1.10. The third-order valence-electron chi connectivity index (χ3n) is 1.75. The van der Waals surface area contributed by atoms with Gasteiger partial charge in [-0.25, -0.2) is 4.79 Å². The average molecular weight is 170 g/mol. The Morgan fingerprint density at radius 3 is 2.75 bits per heavy atom. The molecule has 0 bridgehead atoms. The van der Waals surface area contributed by atoms with Gasteiger partial charge in [-0.1, -0.05) is 5.16 Å². The number of carboxylic acids is 1. The van der Waals surface area contributed by atoms with Gasteiger partial charge in [0.15, 0.2) is 0 Å². The van der Waals surface area contributed by atoms with E-state index in [4.69, 9.17) is 10.8 Å². The number of nitrogens with two attached hydrogens (primary N) is 1. The van der Waals surface area contributed by atoms with Crippen LogP contribution in [0.15, 0.2) is 10.8 Å². The molecule has 66 valence electrons. The van der Waals surface area contributed by atoms with Crippen molar-refractivity contribution in [2.75, 3.05) is 0 Å². The molecule has 0 fully saturated rings. The van der Waals surface area contributed by atoms with Crippen molar-refractivity contribution >= 4 is 5.97 Å². The highest BCUT2D eigenvalue weighted by Gasteiger charge is 2.33. The number of hydrogen-bond acceptors (Lipinski definition) is 4. The zero-order valence-corrected chi connectivity index (χ0v) is 6.87. The molecule has 0 radical (unpaired) electrons. The van der Waals surface area contributed by atoms with Gasteiger partial charge >= 0.3 is 5.97 Å². The Balaban J connectivity index is 3.13. The van der Waals surface area contributed by atoms with E-state index in [9.17, 15) is 4.79 Å². The fourth-order valence-corrected chi connectivity index (χ4v) is 0.906. The summed E-state index contributed by atoms with van der Waals surface area (Å²) < 4.78 is 4.59. The normalized spacial score (nSPS) is 15.6. The van der Waals surface area contributed by atoms with Crippen LogP contribution in [0.25, 0.3) is 0 Å². The summed E-state index contributed by atoms with van der Waals surface area (Å²) in [4.78, 5) is 10.7. The minimum absolute atomic E-state index is 0.398. The summed E-state index contributed by atoms with van der Waals surface area (Å²) in [6.07, 6.45) is 1.25. The lowest BCUT2D eigenvalue weighted by Gasteiger charge is -2.16. The maximum absolute atomic E-state index is 10.7. The lowest BCUT2D eigenvalue weighted by atomic mass is 9.94. The monoisotopic (exact) mass is 170 g/mol. The van der Waals surface area contributed by atoms with Gasteiger partial charge in [-0.05, 0) is 13.8 Å². The molecular weight excluding hydrogens is 160 g/mol. The first-order valence-corrected chi connectivity index (χ1v) is 3.40. The van der Waals surface area contributed by atoms with Gasteiger partial charge in [-0.2, -0.15) is 0 Å². The molecule has 1 atom stereocenters. The highest BCUT2D eigenvalue weighted by molar-refractivity contribution is 5.80. The number of carboxylic acid groups (broad SMARTS) is 1. The highest BCUT2D eigenvalue weighted by atomic mass is 16.5. The Morgan fingerprint density at radius 2 is 2.42 bits per heavy atom. The standard InChI is InChI=1S/C7H10N2O3/c1-4-5(3-12-9-4)7(2,8)6(10)11/h3H,8H2,1-2H3,(H,10,11). The maximum atomic E-state index is 10.7. The van der Waals surface area contributed by atoms with Crippen molar-refractivity contribution in [2.24, 2.45) is 5.73 Å². The van der Waals surface area contributed by atoms with Crippen molar-refractivity contribution < 1.29 is 14.4 Å². The molecular formula is C7H10N2O3. The lowest BCUT2D eigenvalue weighted by molar-refractivity contribution is -0.143. The van der Waals surface area contributed by atoms with Gasteiger partial charge in [0.2, 0.25) is 0 Å².